The van der Waals surface area contributed by atoms with E-state index >= 15 is 0 Å². The molecule has 0 spiro atoms. The van der Waals surface area contributed by atoms with Crippen molar-refractivity contribution in [1.29, 1.82) is 0 Å². The molecule has 1 amide bonds. The second-order valence-electron chi connectivity index (χ2n) is 6.54. The highest BCUT2D eigenvalue weighted by atomic mass is 79.9. The number of anilines is 1. The summed E-state index contributed by atoms with van der Waals surface area (Å²) in [4.78, 5) is 12.9. The molecule has 0 bridgehead atoms. The van der Waals surface area contributed by atoms with E-state index in [0.717, 1.165) is 48.9 Å². The number of nitrogens with one attached hydrogen (secondary N) is 1. The zero-order chi connectivity index (χ0) is 17.4. The molecule has 1 aliphatic rings. The van der Waals surface area contributed by atoms with Gasteiger partial charge in [0.2, 0.25) is 0 Å². The summed E-state index contributed by atoms with van der Waals surface area (Å²) in [6.45, 7) is 5.56. The van der Waals surface area contributed by atoms with Crippen LogP contribution in [0.4, 0.5) is 5.69 Å². The first kappa shape index (κ1) is 19.3. The minimum atomic E-state index is -0.673. The largest absolute Gasteiger partial charge is 0.493 e. The van der Waals surface area contributed by atoms with Crippen molar-refractivity contribution < 1.29 is 14.3 Å². The predicted molar refractivity (Wildman–Crippen MR) is 101 cm³/mol. The Morgan fingerprint density at radius 3 is 2.50 bits per heavy atom. The molecule has 24 heavy (non-hydrogen) atoms. The number of carbonyl (C=O) groups is 1. The zero-order valence-corrected chi connectivity index (χ0v) is 16.2. The lowest BCUT2D eigenvalue weighted by molar-refractivity contribution is -0.147. The third-order valence-corrected chi connectivity index (χ3v) is 4.86. The van der Waals surface area contributed by atoms with E-state index in [0.29, 0.717) is 19.1 Å². The Labute approximate surface area is 153 Å². The summed E-state index contributed by atoms with van der Waals surface area (Å²) >= 11 is 3.33. The molecule has 0 aliphatic heterocycles. The molecule has 0 radical (unpaired) electrons. The van der Waals surface area contributed by atoms with E-state index in [-0.39, 0.29) is 5.91 Å². The molecule has 4 nitrogen and oxygen atoms in total. The Bertz CT molecular complexity index is 504. The van der Waals surface area contributed by atoms with Crippen molar-refractivity contribution in [3.8, 4) is 5.75 Å². The van der Waals surface area contributed by atoms with Crippen LogP contribution in [0.25, 0.3) is 0 Å². The second kappa shape index (κ2) is 9.42. The van der Waals surface area contributed by atoms with Crippen LogP contribution in [0, 0.1) is 5.92 Å². The van der Waals surface area contributed by atoms with Crippen LogP contribution in [0.3, 0.4) is 0 Å². The number of benzene rings is 1. The van der Waals surface area contributed by atoms with Gasteiger partial charge in [-0.3, -0.25) is 4.79 Å². The van der Waals surface area contributed by atoms with Crippen molar-refractivity contribution in [2.24, 2.45) is 5.92 Å². The van der Waals surface area contributed by atoms with Crippen molar-refractivity contribution in [3.63, 3.8) is 0 Å². The van der Waals surface area contributed by atoms with Gasteiger partial charge >= 0.3 is 0 Å². The predicted octanol–water partition coefficient (Wildman–Crippen LogP) is 4.77. The number of ether oxygens (including phenoxy) is 2. The maximum Gasteiger partial charge on any atom is 0.256 e. The van der Waals surface area contributed by atoms with Gasteiger partial charge in [-0.25, -0.2) is 0 Å². The van der Waals surface area contributed by atoms with Gasteiger partial charge in [0, 0.05) is 17.6 Å². The highest BCUT2D eigenvalue weighted by Crippen LogP contribution is 2.36. The van der Waals surface area contributed by atoms with E-state index in [1.807, 2.05) is 24.3 Å². The Morgan fingerprint density at radius 2 is 1.92 bits per heavy atom. The number of amides is 1. The van der Waals surface area contributed by atoms with E-state index in [9.17, 15) is 4.79 Å². The van der Waals surface area contributed by atoms with Crippen LogP contribution >= 0.6 is 15.9 Å². The van der Waals surface area contributed by atoms with E-state index in [1.165, 1.54) is 0 Å². The Kier molecular flexibility index (Phi) is 7.56. The fourth-order valence-corrected chi connectivity index (χ4v) is 3.16. The van der Waals surface area contributed by atoms with Gasteiger partial charge in [-0.15, -0.1) is 0 Å². The molecule has 1 aromatic rings. The summed E-state index contributed by atoms with van der Waals surface area (Å²) in [6, 6.07) is 7.50. The summed E-state index contributed by atoms with van der Waals surface area (Å²) in [6.07, 6.45) is 4.59. The molecule has 1 fully saturated rings. The summed E-state index contributed by atoms with van der Waals surface area (Å²) in [7, 11) is 0. The first-order chi connectivity index (χ1) is 11.6. The molecule has 134 valence electrons. The molecular formula is C19H28BrNO3. The average molecular weight is 398 g/mol. The minimum absolute atomic E-state index is 0.0167. The lowest BCUT2D eigenvalue weighted by Crippen LogP contribution is -2.48. The van der Waals surface area contributed by atoms with Gasteiger partial charge in [-0.1, -0.05) is 29.8 Å². The summed E-state index contributed by atoms with van der Waals surface area (Å²) in [5, 5.41) is 3.82. The molecule has 1 aliphatic carbocycles. The van der Waals surface area contributed by atoms with E-state index in [2.05, 4.69) is 35.1 Å². The third-order valence-electron chi connectivity index (χ3n) is 4.54. The smallest absolute Gasteiger partial charge is 0.256 e. The maximum absolute atomic E-state index is 12.9. The van der Waals surface area contributed by atoms with Crippen molar-refractivity contribution in [1.82, 2.24) is 0 Å². The van der Waals surface area contributed by atoms with Gasteiger partial charge in [-0.05, 0) is 62.3 Å². The summed E-state index contributed by atoms with van der Waals surface area (Å²) in [5.41, 5.74) is 0.109. The lowest BCUT2D eigenvalue weighted by Gasteiger charge is -2.38. The molecule has 2 rings (SSSR count). The highest BCUT2D eigenvalue weighted by molar-refractivity contribution is 9.09. The topological polar surface area (TPSA) is 47.6 Å². The first-order valence-corrected chi connectivity index (χ1v) is 9.96. The van der Waals surface area contributed by atoms with E-state index < -0.39 is 5.60 Å². The van der Waals surface area contributed by atoms with Crippen LogP contribution in [0.5, 0.6) is 5.75 Å². The fourth-order valence-electron chi connectivity index (χ4n) is 3.00. The van der Waals surface area contributed by atoms with Gasteiger partial charge in [0.1, 0.15) is 11.4 Å². The normalized spacial score (nSPS) is 23.7. The van der Waals surface area contributed by atoms with Gasteiger partial charge in [-0.2, -0.15) is 0 Å². The van der Waals surface area contributed by atoms with Crippen LogP contribution in [-0.4, -0.2) is 30.1 Å². The van der Waals surface area contributed by atoms with Crippen LogP contribution in [-0.2, 0) is 9.53 Å². The van der Waals surface area contributed by atoms with Gasteiger partial charge in [0.15, 0.2) is 0 Å². The molecule has 5 heteroatoms. The molecule has 1 N–H and O–H groups in total. The van der Waals surface area contributed by atoms with Gasteiger partial charge < -0.3 is 14.8 Å². The number of rotatable bonds is 8. The average Bonchev–Trinajstić information content (AvgIpc) is 2.61. The third kappa shape index (κ3) is 5.21. The molecule has 0 heterocycles. The molecular weight excluding hydrogens is 370 g/mol. The number of halogens is 1. The van der Waals surface area contributed by atoms with Crippen LogP contribution in [0.15, 0.2) is 24.3 Å². The van der Waals surface area contributed by atoms with E-state index in [1.54, 1.807) is 0 Å². The lowest BCUT2D eigenvalue weighted by atomic mass is 9.78. The van der Waals surface area contributed by atoms with Crippen molar-refractivity contribution in [2.45, 2.75) is 51.6 Å². The van der Waals surface area contributed by atoms with Crippen molar-refractivity contribution >= 4 is 27.5 Å². The maximum atomic E-state index is 12.9. The quantitative estimate of drug-likeness (QED) is 0.642. The fraction of sp³-hybridized carbons (Fsp3) is 0.632. The molecule has 0 atom stereocenters. The first-order valence-electron chi connectivity index (χ1n) is 8.84. The van der Waals surface area contributed by atoms with Crippen LogP contribution in [0.1, 0.15) is 46.0 Å². The Morgan fingerprint density at radius 1 is 1.25 bits per heavy atom. The summed E-state index contributed by atoms with van der Waals surface area (Å²) in [5.74, 6) is 1.45. The molecule has 0 saturated heterocycles. The summed E-state index contributed by atoms with van der Waals surface area (Å²) < 4.78 is 11.6. The second-order valence-corrected chi connectivity index (χ2v) is 7.33. The standard InChI is InChI=1S/C19H28BrNO3/c1-3-13-24-19(10-8-15(2)9-11-19)18(22)21-16-4-6-17(7-5-16)23-14-12-20/h4-7,15H,3,8-14H2,1-2H3,(H,21,22). The number of hydrogen-bond donors (Lipinski definition) is 1. The van der Waals surface area contributed by atoms with Crippen molar-refractivity contribution in [2.75, 3.05) is 23.9 Å². The zero-order valence-electron chi connectivity index (χ0n) is 14.6. The minimum Gasteiger partial charge on any atom is -0.493 e. The van der Waals surface area contributed by atoms with Crippen molar-refractivity contribution in [3.05, 3.63) is 24.3 Å². The molecule has 1 saturated carbocycles. The molecule has 0 aromatic heterocycles. The van der Waals surface area contributed by atoms with Crippen LogP contribution in [0.2, 0.25) is 0 Å². The monoisotopic (exact) mass is 397 g/mol. The van der Waals surface area contributed by atoms with Gasteiger partial charge in [0.05, 0.1) is 6.61 Å². The Hall–Kier alpha value is -1.07. The van der Waals surface area contributed by atoms with Gasteiger partial charge in [0.25, 0.3) is 5.91 Å². The van der Waals surface area contributed by atoms with Crippen LogP contribution < -0.4 is 10.1 Å². The highest BCUT2D eigenvalue weighted by Gasteiger charge is 2.42. The number of hydrogen-bond acceptors (Lipinski definition) is 3. The SMILES string of the molecule is CCCOC1(C(=O)Nc2ccc(OCCBr)cc2)CCC(C)CC1. The number of carbonyl (C=O) groups excluding carboxylic acids is 1. The molecule has 1 aromatic carbocycles. The van der Waals surface area contributed by atoms with E-state index in [4.69, 9.17) is 9.47 Å². The number of alkyl halides is 1. The molecule has 0 unspecified atom stereocenters. The Balaban J connectivity index is 2.01.